The van der Waals surface area contributed by atoms with E-state index in [1.165, 1.54) is 22.9 Å². The number of hydrogen-bond acceptors (Lipinski definition) is 5. The highest BCUT2D eigenvalue weighted by molar-refractivity contribution is 6.30. The molecule has 0 bridgehead atoms. The number of carbonyl (C=O) groups excluding carboxylic acids is 2. The number of hydrogen-bond donors (Lipinski definition) is 0. The highest BCUT2D eigenvalue weighted by atomic mass is 35.5. The Hall–Kier alpha value is -3.39. The van der Waals surface area contributed by atoms with Gasteiger partial charge in [0.15, 0.2) is 11.5 Å². The Balaban J connectivity index is 1.66. The van der Waals surface area contributed by atoms with Crippen molar-refractivity contribution in [3.8, 4) is 5.69 Å². The minimum atomic E-state index is -0.649. The predicted octanol–water partition coefficient (Wildman–Crippen LogP) is 5.32. The summed E-state index contributed by atoms with van der Waals surface area (Å²) < 4.78 is 26.9. The fourth-order valence-corrected chi connectivity index (χ4v) is 4.03. The van der Waals surface area contributed by atoms with Crippen LogP contribution in [0.4, 0.5) is 9.18 Å². The molecule has 4 rings (SSSR count). The Labute approximate surface area is 195 Å². The topological polar surface area (TPSA) is 73.7 Å². The van der Waals surface area contributed by atoms with E-state index in [1.807, 2.05) is 30.3 Å². The second-order valence-electron chi connectivity index (χ2n) is 7.54. The Morgan fingerprint density at radius 3 is 2.70 bits per heavy atom. The van der Waals surface area contributed by atoms with E-state index in [-0.39, 0.29) is 29.6 Å². The lowest BCUT2D eigenvalue weighted by molar-refractivity contribution is 0.0519. The number of nitrogens with zero attached hydrogens (tertiary/aromatic N) is 3. The van der Waals surface area contributed by atoms with E-state index in [0.717, 1.165) is 5.56 Å². The summed E-state index contributed by atoms with van der Waals surface area (Å²) in [7, 11) is 0. The number of esters is 1. The van der Waals surface area contributed by atoms with Crippen LogP contribution in [0, 0.1) is 5.82 Å². The lowest BCUT2D eigenvalue weighted by atomic mass is 10.2. The molecule has 0 unspecified atom stereocenters. The second-order valence-corrected chi connectivity index (χ2v) is 7.95. The van der Waals surface area contributed by atoms with Gasteiger partial charge in [-0.2, -0.15) is 0 Å². The molecule has 1 amide bonds. The average molecular weight is 472 g/mol. The molecule has 1 aromatic heterocycles. The number of amides is 1. The van der Waals surface area contributed by atoms with Crippen molar-refractivity contribution in [3.63, 3.8) is 0 Å². The number of aromatic nitrogens is 2. The molecule has 0 aliphatic carbocycles. The molecule has 2 aromatic carbocycles. The van der Waals surface area contributed by atoms with E-state index in [9.17, 15) is 14.0 Å². The number of rotatable bonds is 6. The molecular formula is C24H23ClFN3O4. The molecule has 1 aliphatic heterocycles. The summed E-state index contributed by atoms with van der Waals surface area (Å²) in [5.41, 5.74) is 1.02. The number of carbonyl (C=O) groups is 2. The summed E-state index contributed by atoms with van der Waals surface area (Å²) >= 11 is 5.99. The van der Waals surface area contributed by atoms with Gasteiger partial charge in [0.1, 0.15) is 12.4 Å². The molecule has 0 saturated carbocycles. The van der Waals surface area contributed by atoms with E-state index in [0.29, 0.717) is 25.2 Å². The van der Waals surface area contributed by atoms with E-state index in [1.54, 1.807) is 17.9 Å². The van der Waals surface area contributed by atoms with Crippen LogP contribution < -0.4 is 0 Å². The van der Waals surface area contributed by atoms with Crippen molar-refractivity contribution in [1.29, 1.82) is 0 Å². The molecular weight excluding hydrogens is 449 g/mol. The molecule has 0 radical (unpaired) electrons. The Kier molecular flexibility index (Phi) is 6.93. The molecule has 2 heterocycles. The largest absolute Gasteiger partial charge is 0.461 e. The summed E-state index contributed by atoms with van der Waals surface area (Å²) in [6.45, 7) is 2.45. The number of imidazole rings is 1. The fraction of sp³-hybridized carbons (Fsp3) is 0.292. The first-order valence-corrected chi connectivity index (χ1v) is 11.1. The van der Waals surface area contributed by atoms with Gasteiger partial charge in [-0.3, -0.25) is 9.47 Å². The second kappa shape index (κ2) is 10.0. The third-order valence-electron chi connectivity index (χ3n) is 5.40. The normalized spacial score (nSPS) is 15.5. The summed E-state index contributed by atoms with van der Waals surface area (Å²) in [4.78, 5) is 31.2. The van der Waals surface area contributed by atoms with E-state index in [2.05, 4.69) is 4.98 Å². The summed E-state index contributed by atoms with van der Waals surface area (Å²) in [6.07, 6.45) is 2.21. The van der Waals surface area contributed by atoms with Crippen LogP contribution in [0.2, 0.25) is 5.02 Å². The van der Waals surface area contributed by atoms with Gasteiger partial charge >= 0.3 is 12.1 Å². The third kappa shape index (κ3) is 4.85. The summed E-state index contributed by atoms with van der Waals surface area (Å²) in [5.74, 6) is -0.936. The van der Waals surface area contributed by atoms with Crippen LogP contribution in [0.15, 0.2) is 54.7 Å². The zero-order chi connectivity index (χ0) is 23.4. The maximum Gasteiger partial charge on any atom is 0.410 e. The Morgan fingerprint density at radius 1 is 1.15 bits per heavy atom. The van der Waals surface area contributed by atoms with E-state index >= 15 is 0 Å². The number of ether oxygens (including phenoxy) is 2. The first kappa shape index (κ1) is 22.8. The van der Waals surface area contributed by atoms with Crippen LogP contribution >= 0.6 is 11.6 Å². The van der Waals surface area contributed by atoms with Gasteiger partial charge in [-0.25, -0.2) is 19.0 Å². The first-order chi connectivity index (χ1) is 16.0. The zero-order valence-electron chi connectivity index (χ0n) is 18.0. The molecule has 33 heavy (non-hydrogen) atoms. The van der Waals surface area contributed by atoms with Crippen molar-refractivity contribution in [1.82, 2.24) is 14.5 Å². The lowest BCUT2D eigenvalue weighted by Gasteiger charge is -2.24. The van der Waals surface area contributed by atoms with E-state index in [4.69, 9.17) is 21.1 Å². The van der Waals surface area contributed by atoms with Gasteiger partial charge in [-0.05, 0) is 37.5 Å². The van der Waals surface area contributed by atoms with Crippen molar-refractivity contribution in [2.75, 3.05) is 13.2 Å². The van der Waals surface area contributed by atoms with Gasteiger partial charge in [0.25, 0.3) is 0 Å². The maximum absolute atomic E-state index is 14.9. The monoisotopic (exact) mass is 471 g/mol. The molecule has 3 aromatic rings. The van der Waals surface area contributed by atoms with Crippen LogP contribution in [0.5, 0.6) is 0 Å². The highest BCUT2D eigenvalue weighted by Crippen LogP contribution is 2.34. The zero-order valence-corrected chi connectivity index (χ0v) is 18.8. The minimum Gasteiger partial charge on any atom is -0.461 e. The van der Waals surface area contributed by atoms with Crippen LogP contribution in [0.1, 0.15) is 47.7 Å². The number of likely N-dealkylation sites (tertiary alicyclic amines) is 1. The van der Waals surface area contributed by atoms with Gasteiger partial charge in [0.05, 0.1) is 23.4 Å². The highest BCUT2D eigenvalue weighted by Gasteiger charge is 2.36. The summed E-state index contributed by atoms with van der Waals surface area (Å²) in [6, 6.07) is 13.4. The van der Waals surface area contributed by atoms with Crippen LogP contribution in [-0.2, 0) is 16.1 Å². The van der Waals surface area contributed by atoms with Crippen LogP contribution in [0.3, 0.4) is 0 Å². The van der Waals surface area contributed by atoms with Crippen molar-refractivity contribution in [2.24, 2.45) is 0 Å². The molecule has 1 aliphatic rings. The number of halogens is 2. The quantitative estimate of drug-likeness (QED) is 0.455. The average Bonchev–Trinajstić information content (AvgIpc) is 3.47. The van der Waals surface area contributed by atoms with Gasteiger partial charge < -0.3 is 9.47 Å². The molecule has 1 fully saturated rings. The molecule has 0 N–H and O–H groups in total. The van der Waals surface area contributed by atoms with Crippen molar-refractivity contribution in [2.45, 2.75) is 32.4 Å². The maximum atomic E-state index is 14.9. The smallest absolute Gasteiger partial charge is 0.410 e. The first-order valence-electron chi connectivity index (χ1n) is 10.7. The SMILES string of the molecule is CCOC(=O)c1cn(-c2cccc(Cl)c2F)c([C@H]2CCCN2C(=O)OCc2ccccc2)n1. The Bertz CT molecular complexity index is 1150. The third-order valence-corrected chi connectivity index (χ3v) is 5.69. The minimum absolute atomic E-state index is 0.0238. The van der Waals surface area contributed by atoms with E-state index < -0.39 is 23.9 Å². The van der Waals surface area contributed by atoms with Crippen LogP contribution in [-0.4, -0.2) is 39.7 Å². The van der Waals surface area contributed by atoms with Gasteiger partial charge in [0, 0.05) is 12.7 Å². The molecule has 1 atom stereocenters. The van der Waals surface area contributed by atoms with Crippen LogP contribution in [0.25, 0.3) is 5.69 Å². The molecule has 172 valence electrons. The standard InChI is InChI=1S/C24H23ClFN3O4/c1-2-32-23(30)18-14-29(19-11-6-10-17(25)21(19)26)22(27-18)20-12-7-13-28(20)24(31)33-15-16-8-4-3-5-9-16/h3-6,8-11,14,20H,2,7,12-13,15H2,1H3/t20-/m1/s1. The van der Waals surface area contributed by atoms with Gasteiger partial charge in [-0.15, -0.1) is 0 Å². The molecule has 0 spiro atoms. The van der Waals surface area contributed by atoms with Crippen molar-refractivity contribution < 1.29 is 23.5 Å². The van der Waals surface area contributed by atoms with Crippen molar-refractivity contribution in [3.05, 3.63) is 82.6 Å². The Morgan fingerprint density at radius 2 is 1.94 bits per heavy atom. The van der Waals surface area contributed by atoms with Gasteiger partial charge in [-0.1, -0.05) is 48.0 Å². The van der Waals surface area contributed by atoms with Crippen molar-refractivity contribution >= 4 is 23.7 Å². The molecule has 1 saturated heterocycles. The summed E-state index contributed by atoms with van der Waals surface area (Å²) in [5, 5.41) is -0.0598. The fourth-order valence-electron chi connectivity index (χ4n) is 3.86. The van der Waals surface area contributed by atoms with Gasteiger partial charge in [0.2, 0.25) is 0 Å². The lowest BCUT2D eigenvalue weighted by Crippen LogP contribution is -2.32. The molecule has 7 nitrogen and oxygen atoms in total. The molecule has 9 heteroatoms. The number of benzene rings is 2. The predicted molar refractivity (Wildman–Crippen MR) is 120 cm³/mol.